The summed E-state index contributed by atoms with van der Waals surface area (Å²) in [4.78, 5) is 12.4. The lowest BCUT2D eigenvalue weighted by Gasteiger charge is -2.19. The molecule has 2 aromatic rings. The fourth-order valence-corrected chi connectivity index (χ4v) is 3.15. The highest BCUT2D eigenvalue weighted by Crippen LogP contribution is 2.34. The number of carbonyl (C=O) groups excluding carboxylic acids is 1. The molecular weight excluding hydrogens is 317 g/mol. The van der Waals surface area contributed by atoms with Crippen LogP contribution in [0.3, 0.4) is 0 Å². The highest BCUT2D eigenvalue weighted by molar-refractivity contribution is 5.83. The first-order chi connectivity index (χ1) is 12.1. The summed E-state index contributed by atoms with van der Waals surface area (Å²) in [7, 11) is 0. The zero-order valence-corrected chi connectivity index (χ0v) is 13.8. The molecule has 1 heterocycles. The highest BCUT2D eigenvalue weighted by atomic mass is 19.1. The molecule has 3 rings (SSSR count). The highest BCUT2D eigenvalue weighted by Gasteiger charge is 2.43. The van der Waals surface area contributed by atoms with Crippen LogP contribution in [-0.4, -0.2) is 24.5 Å². The molecule has 1 amide bonds. The van der Waals surface area contributed by atoms with E-state index in [9.17, 15) is 10.1 Å². The minimum atomic E-state index is -1.56. The van der Waals surface area contributed by atoms with Crippen molar-refractivity contribution in [2.24, 2.45) is 0 Å². The Morgan fingerprint density at radius 3 is 2.52 bits per heavy atom. The Kier molecular flexibility index (Phi) is 5.11. The summed E-state index contributed by atoms with van der Waals surface area (Å²) in [6.45, 7) is 0.0883. The molecule has 0 aliphatic carbocycles. The third kappa shape index (κ3) is 4.04. The molecule has 2 N–H and O–H groups in total. The first-order valence-corrected chi connectivity index (χ1v) is 8.32. The van der Waals surface area contributed by atoms with Crippen LogP contribution in [0.4, 0.5) is 4.39 Å². The normalized spacial score (nSPS) is 23.6. The number of alkyl halides is 1. The van der Waals surface area contributed by atoms with Crippen LogP contribution in [0.5, 0.6) is 0 Å². The molecule has 128 valence electrons. The molecule has 0 spiro atoms. The van der Waals surface area contributed by atoms with Gasteiger partial charge in [0, 0.05) is 19.4 Å². The predicted octanol–water partition coefficient (Wildman–Crippen LogP) is 2.46. The number of benzene rings is 2. The van der Waals surface area contributed by atoms with Gasteiger partial charge in [0.15, 0.2) is 0 Å². The monoisotopic (exact) mass is 337 g/mol. The second-order valence-electron chi connectivity index (χ2n) is 6.35. The molecule has 1 saturated heterocycles. The Labute approximate surface area is 146 Å². The van der Waals surface area contributed by atoms with E-state index < -0.39 is 17.8 Å². The van der Waals surface area contributed by atoms with Gasteiger partial charge in [-0.2, -0.15) is 5.26 Å². The van der Waals surface area contributed by atoms with Crippen LogP contribution in [0.2, 0.25) is 0 Å². The first-order valence-electron chi connectivity index (χ1n) is 8.32. The summed E-state index contributed by atoms with van der Waals surface area (Å²) >= 11 is 0. The fraction of sp³-hybridized carbons (Fsp3) is 0.300. The average molecular weight is 337 g/mol. The molecule has 1 aliphatic rings. The van der Waals surface area contributed by atoms with Crippen molar-refractivity contribution in [1.82, 2.24) is 10.6 Å². The zero-order valence-electron chi connectivity index (χ0n) is 13.8. The molecule has 0 radical (unpaired) electrons. The largest absolute Gasteiger partial charge is 0.339 e. The maximum atomic E-state index is 15.1. The number of rotatable bonds is 5. The van der Waals surface area contributed by atoms with E-state index in [4.69, 9.17) is 0 Å². The number of nitriles is 1. The van der Waals surface area contributed by atoms with Crippen LogP contribution >= 0.6 is 0 Å². The molecule has 2 aromatic carbocycles. The third-order valence-electron chi connectivity index (χ3n) is 4.52. The topological polar surface area (TPSA) is 64.9 Å². The van der Waals surface area contributed by atoms with E-state index in [0.29, 0.717) is 12.0 Å². The Bertz CT molecular complexity index is 760. The molecule has 1 aliphatic heterocycles. The summed E-state index contributed by atoms with van der Waals surface area (Å²) in [6.07, 6.45) is 0.488. The van der Waals surface area contributed by atoms with Crippen LogP contribution < -0.4 is 10.6 Å². The van der Waals surface area contributed by atoms with Gasteiger partial charge in [0.25, 0.3) is 0 Å². The minimum absolute atomic E-state index is 0.0618. The Morgan fingerprint density at radius 2 is 1.88 bits per heavy atom. The quantitative estimate of drug-likeness (QED) is 0.881. The van der Waals surface area contributed by atoms with E-state index in [1.165, 1.54) is 0 Å². The summed E-state index contributed by atoms with van der Waals surface area (Å²) in [5, 5.41) is 15.0. The average Bonchev–Trinajstić information content (AvgIpc) is 3.06. The van der Waals surface area contributed by atoms with Crippen LogP contribution in [0.1, 0.15) is 17.5 Å². The van der Waals surface area contributed by atoms with Crippen molar-refractivity contribution >= 4 is 5.91 Å². The van der Waals surface area contributed by atoms with Crippen molar-refractivity contribution in [1.29, 1.82) is 5.26 Å². The Balaban J connectivity index is 1.61. The zero-order chi connectivity index (χ0) is 17.7. The van der Waals surface area contributed by atoms with Crippen molar-refractivity contribution < 1.29 is 9.18 Å². The standard InChI is InChI=1S/C20H20FN3O/c21-20(16-9-5-2-6-10-16)12-18(23-14-20)19(25)24-17(13-22)11-15-7-3-1-4-8-15/h1-10,17-18,23H,11-12,14H2,(H,24,25)/t17-,18-,20-/m0/s1. The maximum Gasteiger partial charge on any atom is 0.238 e. The van der Waals surface area contributed by atoms with Crippen molar-refractivity contribution in [2.45, 2.75) is 30.6 Å². The van der Waals surface area contributed by atoms with E-state index in [2.05, 4.69) is 16.7 Å². The number of halogens is 1. The van der Waals surface area contributed by atoms with Gasteiger partial charge in [0.2, 0.25) is 5.91 Å². The number of amides is 1. The van der Waals surface area contributed by atoms with E-state index in [-0.39, 0.29) is 18.9 Å². The Morgan fingerprint density at radius 1 is 1.24 bits per heavy atom. The second kappa shape index (κ2) is 7.45. The van der Waals surface area contributed by atoms with E-state index in [1.54, 1.807) is 24.3 Å². The molecule has 3 atom stereocenters. The molecule has 5 heteroatoms. The van der Waals surface area contributed by atoms with Crippen molar-refractivity contribution in [3.63, 3.8) is 0 Å². The van der Waals surface area contributed by atoms with Crippen molar-refractivity contribution in [3.05, 3.63) is 71.8 Å². The number of nitrogens with zero attached hydrogens (tertiary/aromatic N) is 1. The van der Waals surface area contributed by atoms with Gasteiger partial charge >= 0.3 is 0 Å². The van der Waals surface area contributed by atoms with E-state index in [1.807, 2.05) is 36.4 Å². The minimum Gasteiger partial charge on any atom is -0.339 e. The smallest absolute Gasteiger partial charge is 0.238 e. The molecule has 1 fully saturated rings. The van der Waals surface area contributed by atoms with Gasteiger partial charge in [0.1, 0.15) is 11.7 Å². The molecule has 0 saturated carbocycles. The lowest BCUT2D eigenvalue weighted by molar-refractivity contribution is -0.123. The molecule has 25 heavy (non-hydrogen) atoms. The van der Waals surface area contributed by atoms with Gasteiger partial charge in [0.05, 0.1) is 12.1 Å². The SMILES string of the molecule is N#C[C@H](Cc1ccccc1)NC(=O)[C@@H]1C[C@@](F)(c2ccccc2)CN1. The van der Waals surface area contributed by atoms with Crippen LogP contribution in [0.25, 0.3) is 0 Å². The molecule has 0 unspecified atom stereocenters. The molecular formula is C20H20FN3O. The first kappa shape index (κ1) is 17.1. The molecule has 0 bridgehead atoms. The van der Waals surface area contributed by atoms with Gasteiger partial charge in [-0.1, -0.05) is 60.7 Å². The molecule has 0 aromatic heterocycles. The summed E-state index contributed by atoms with van der Waals surface area (Å²) < 4.78 is 15.1. The fourth-order valence-electron chi connectivity index (χ4n) is 3.15. The maximum absolute atomic E-state index is 15.1. The van der Waals surface area contributed by atoms with Gasteiger partial charge in [-0.3, -0.25) is 4.79 Å². The van der Waals surface area contributed by atoms with E-state index >= 15 is 4.39 Å². The number of nitrogens with one attached hydrogen (secondary N) is 2. The number of hydrogen-bond acceptors (Lipinski definition) is 3. The van der Waals surface area contributed by atoms with Gasteiger partial charge < -0.3 is 10.6 Å². The van der Waals surface area contributed by atoms with Crippen LogP contribution in [0, 0.1) is 11.3 Å². The number of hydrogen-bond donors (Lipinski definition) is 2. The predicted molar refractivity (Wildman–Crippen MR) is 93.3 cm³/mol. The summed E-state index contributed by atoms with van der Waals surface area (Å²) in [5.74, 6) is -0.335. The lowest BCUT2D eigenvalue weighted by atomic mass is 9.93. The van der Waals surface area contributed by atoms with Crippen LogP contribution in [-0.2, 0) is 16.9 Å². The summed E-state index contributed by atoms with van der Waals surface area (Å²) in [6, 6.07) is 19.2. The molecule has 4 nitrogen and oxygen atoms in total. The number of carbonyl (C=O) groups is 1. The Hall–Kier alpha value is -2.71. The van der Waals surface area contributed by atoms with Crippen molar-refractivity contribution in [2.75, 3.05) is 6.54 Å². The van der Waals surface area contributed by atoms with Gasteiger partial charge in [-0.25, -0.2) is 4.39 Å². The second-order valence-corrected chi connectivity index (χ2v) is 6.35. The van der Waals surface area contributed by atoms with Gasteiger partial charge in [-0.05, 0) is 11.1 Å². The third-order valence-corrected chi connectivity index (χ3v) is 4.52. The lowest BCUT2D eigenvalue weighted by Crippen LogP contribution is -2.45. The van der Waals surface area contributed by atoms with Crippen molar-refractivity contribution in [3.8, 4) is 6.07 Å². The summed E-state index contributed by atoms with van der Waals surface area (Å²) in [5.41, 5.74) is -0.0260. The van der Waals surface area contributed by atoms with Gasteiger partial charge in [-0.15, -0.1) is 0 Å². The van der Waals surface area contributed by atoms with Crippen LogP contribution in [0.15, 0.2) is 60.7 Å². The van der Waals surface area contributed by atoms with E-state index in [0.717, 1.165) is 5.56 Å².